The minimum absolute atomic E-state index is 0.0264. The number of Topliss-reactive ketones (excluding diaryl/α,β-unsaturated/α-hetero) is 1. The second-order valence-corrected chi connectivity index (χ2v) is 5.10. The van der Waals surface area contributed by atoms with E-state index < -0.39 is 12.1 Å². The molecule has 0 N–H and O–H groups in total. The summed E-state index contributed by atoms with van der Waals surface area (Å²) in [6, 6.07) is 7.17. The van der Waals surface area contributed by atoms with Crippen molar-refractivity contribution in [3.05, 3.63) is 29.8 Å². The zero-order valence-corrected chi connectivity index (χ0v) is 11.4. The molecule has 0 saturated carbocycles. The molecule has 2 rings (SSSR count). The van der Waals surface area contributed by atoms with Crippen LogP contribution in [-0.4, -0.2) is 25.0 Å². The standard InChI is InChI=1S/C15H18F3NO/c1-2-14(20)12-5-3-4-6-13(12)19-9-7-11(8-10-19)15(16,17)18/h3-6,11H,2,7-10H2,1H3. The van der Waals surface area contributed by atoms with Crippen LogP contribution in [0.2, 0.25) is 0 Å². The molecule has 1 aromatic carbocycles. The fourth-order valence-electron chi connectivity index (χ4n) is 2.62. The molecule has 0 amide bonds. The minimum Gasteiger partial charge on any atom is -0.371 e. The van der Waals surface area contributed by atoms with E-state index in [9.17, 15) is 18.0 Å². The van der Waals surface area contributed by atoms with Crippen molar-refractivity contribution < 1.29 is 18.0 Å². The number of nitrogens with zero attached hydrogens (tertiary/aromatic N) is 1. The van der Waals surface area contributed by atoms with Gasteiger partial charge in [0.1, 0.15) is 0 Å². The molecule has 1 aliphatic heterocycles. The van der Waals surface area contributed by atoms with E-state index in [4.69, 9.17) is 0 Å². The van der Waals surface area contributed by atoms with Gasteiger partial charge in [-0.3, -0.25) is 4.79 Å². The lowest BCUT2D eigenvalue weighted by atomic mass is 9.95. The smallest absolute Gasteiger partial charge is 0.371 e. The van der Waals surface area contributed by atoms with Crippen LogP contribution in [0.25, 0.3) is 0 Å². The van der Waals surface area contributed by atoms with Crippen LogP contribution < -0.4 is 4.90 Å². The average Bonchev–Trinajstić information content (AvgIpc) is 2.45. The summed E-state index contributed by atoms with van der Waals surface area (Å²) >= 11 is 0. The van der Waals surface area contributed by atoms with Crippen molar-refractivity contribution in [3.63, 3.8) is 0 Å². The molecule has 0 atom stereocenters. The molecule has 1 saturated heterocycles. The fraction of sp³-hybridized carbons (Fsp3) is 0.533. The molecule has 20 heavy (non-hydrogen) atoms. The molecule has 5 heteroatoms. The maximum Gasteiger partial charge on any atom is 0.391 e. The molecule has 0 aromatic heterocycles. The number of piperidine rings is 1. The first kappa shape index (κ1) is 14.9. The molecule has 1 heterocycles. The molecule has 1 aliphatic rings. The molecule has 0 unspecified atom stereocenters. The molecule has 110 valence electrons. The third-order valence-electron chi connectivity index (χ3n) is 3.82. The average molecular weight is 285 g/mol. The van der Waals surface area contributed by atoms with Crippen molar-refractivity contribution in [2.24, 2.45) is 5.92 Å². The summed E-state index contributed by atoms with van der Waals surface area (Å²) in [6.45, 7) is 2.48. The second-order valence-electron chi connectivity index (χ2n) is 5.10. The normalized spacial score (nSPS) is 17.3. The zero-order valence-electron chi connectivity index (χ0n) is 11.4. The van der Waals surface area contributed by atoms with Crippen molar-refractivity contribution in [1.29, 1.82) is 0 Å². The number of hydrogen-bond acceptors (Lipinski definition) is 2. The number of benzene rings is 1. The van der Waals surface area contributed by atoms with Gasteiger partial charge in [0.05, 0.1) is 5.92 Å². The topological polar surface area (TPSA) is 20.3 Å². The van der Waals surface area contributed by atoms with Gasteiger partial charge in [0.2, 0.25) is 0 Å². The Bertz CT molecular complexity index is 476. The van der Waals surface area contributed by atoms with Gasteiger partial charge in [0.25, 0.3) is 0 Å². The molecule has 0 spiro atoms. The van der Waals surface area contributed by atoms with Crippen LogP contribution in [0.15, 0.2) is 24.3 Å². The van der Waals surface area contributed by atoms with Crippen LogP contribution in [0, 0.1) is 5.92 Å². The van der Waals surface area contributed by atoms with Crippen LogP contribution in [-0.2, 0) is 0 Å². The number of hydrogen-bond donors (Lipinski definition) is 0. The number of rotatable bonds is 3. The van der Waals surface area contributed by atoms with Gasteiger partial charge in [0, 0.05) is 30.8 Å². The van der Waals surface area contributed by atoms with Crippen molar-refractivity contribution in [3.8, 4) is 0 Å². The number of halogens is 3. The van der Waals surface area contributed by atoms with Crippen molar-refractivity contribution in [1.82, 2.24) is 0 Å². The second kappa shape index (κ2) is 5.85. The number of alkyl halides is 3. The van der Waals surface area contributed by atoms with Crippen molar-refractivity contribution in [2.75, 3.05) is 18.0 Å². The Hall–Kier alpha value is -1.52. The quantitative estimate of drug-likeness (QED) is 0.781. The third-order valence-corrected chi connectivity index (χ3v) is 3.82. The highest BCUT2D eigenvalue weighted by atomic mass is 19.4. The molecule has 1 aromatic rings. The summed E-state index contributed by atoms with van der Waals surface area (Å²) in [5, 5.41) is 0. The Balaban J connectivity index is 2.13. The molecule has 0 aliphatic carbocycles. The van der Waals surface area contributed by atoms with Gasteiger partial charge in [-0.1, -0.05) is 19.1 Å². The summed E-state index contributed by atoms with van der Waals surface area (Å²) in [5.41, 5.74) is 1.38. The summed E-state index contributed by atoms with van der Waals surface area (Å²) in [6.07, 6.45) is -3.52. The lowest BCUT2D eigenvalue weighted by Crippen LogP contribution is -2.39. The molecule has 2 nitrogen and oxygen atoms in total. The summed E-state index contributed by atoms with van der Waals surface area (Å²) in [4.78, 5) is 13.8. The maximum atomic E-state index is 12.7. The lowest BCUT2D eigenvalue weighted by Gasteiger charge is -2.35. The van der Waals surface area contributed by atoms with Gasteiger partial charge in [-0.25, -0.2) is 0 Å². The van der Waals surface area contributed by atoms with Crippen molar-refractivity contribution in [2.45, 2.75) is 32.4 Å². The van der Waals surface area contributed by atoms with Crippen LogP contribution in [0.3, 0.4) is 0 Å². The van der Waals surface area contributed by atoms with Gasteiger partial charge in [-0.15, -0.1) is 0 Å². The maximum absolute atomic E-state index is 12.7. The Morgan fingerprint density at radius 1 is 1.25 bits per heavy atom. The first-order valence-corrected chi connectivity index (χ1v) is 6.87. The van der Waals surface area contributed by atoms with E-state index in [1.165, 1.54) is 0 Å². The van der Waals surface area contributed by atoms with Crippen LogP contribution >= 0.6 is 0 Å². The fourth-order valence-corrected chi connectivity index (χ4v) is 2.62. The first-order valence-electron chi connectivity index (χ1n) is 6.87. The Morgan fingerprint density at radius 2 is 1.85 bits per heavy atom. The Morgan fingerprint density at radius 3 is 2.40 bits per heavy atom. The molecular weight excluding hydrogens is 267 g/mol. The van der Waals surface area contributed by atoms with E-state index in [1.807, 2.05) is 17.0 Å². The van der Waals surface area contributed by atoms with Crippen LogP contribution in [0.1, 0.15) is 36.5 Å². The molecule has 0 radical (unpaired) electrons. The van der Waals surface area contributed by atoms with E-state index in [0.717, 1.165) is 5.69 Å². The number of carbonyl (C=O) groups is 1. The van der Waals surface area contributed by atoms with Gasteiger partial charge >= 0.3 is 6.18 Å². The van der Waals surface area contributed by atoms with E-state index in [2.05, 4.69) is 0 Å². The van der Waals surface area contributed by atoms with E-state index in [1.54, 1.807) is 19.1 Å². The predicted molar refractivity (Wildman–Crippen MR) is 72.1 cm³/mol. The first-order chi connectivity index (χ1) is 9.43. The highest BCUT2D eigenvalue weighted by molar-refractivity contribution is 6.01. The predicted octanol–water partition coefficient (Wildman–Crippen LogP) is 4.06. The number of anilines is 1. The van der Waals surface area contributed by atoms with Crippen LogP contribution in [0.4, 0.5) is 18.9 Å². The van der Waals surface area contributed by atoms with Gasteiger partial charge in [0.15, 0.2) is 5.78 Å². The number of para-hydroxylation sites is 1. The van der Waals surface area contributed by atoms with E-state index in [-0.39, 0.29) is 18.6 Å². The third kappa shape index (κ3) is 3.14. The van der Waals surface area contributed by atoms with Crippen molar-refractivity contribution >= 4 is 11.5 Å². The lowest BCUT2D eigenvalue weighted by molar-refractivity contribution is -0.179. The molecular formula is C15H18F3NO. The van der Waals surface area contributed by atoms with Gasteiger partial charge in [-0.05, 0) is 25.0 Å². The van der Waals surface area contributed by atoms with Gasteiger partial charge in [-0.2, -0.15) is 13.2 Å². The Kier molecular flexibility index (Phi) is 4.35. The minimum atomic E-state index is -4.11. The van der Waals surface area contributed by atoms with Gasteiger partial charge < -0.3 is 4.90 Å². The summed E-state index contributed by atoms with van der Waals surface area (Å²) < 4.78 is 38.0. The summed E-state index contributed by atoms with van der Waals surface area (Å²) in [5.74, 6) is -1.19. The van der Waals surface area contributed by atoms with E-state index in [0.29, 0.717) is 25.1 Å². The monoisotopic (exact) mass is 285 g/mol. The largest absolute Gasteiger partial charge is 0.391 e. The Labute approximate surface area is 116 Å². The molecule has 1 fully saturated rings. The SMILES string of the molecule is CCC(=O)c1ccccc1N1CCC(C(F)(F)F)CC1. The molecule has 0 bridgehead atoms. The number of ketones is 1. The number of carbonyl (C=O) groups excluding carboxylic acids is 1. The highest BCUT2D eigenvalue weighted by Crippen LogP contribution is 2.36. The highest BCUT2D eigenvalue weighted by Gasteiger charge is 2.41. The summed E-state index contributed by atoms with van der Waals surface area (Å²) in [7, 11) is 0. The van der Waals surface area contributed by atoms with E-state index >= 15 is 0 Å². The van der Waals surface area contributed by atoms with Crippen LogP contribution in [0.5, 0.6) is 0 Å². The zero-order chi connectivity index (χ0) is 14.8.